The van der Waals surface area contributed by atoms with Gasteiger partial charge in [0.25, 0.3) is 0 Å². The summed E-state index contributed by atoms with van der Waals surface area (Å²) in [5, 5.41) is 5.49. The van der Waals surface area contributed by atoms with Gasteiger partial charge in [-0.3, -0.25) is 0 Å². The van der Waals surface area contributed by atoms with Crippen molar-refractivity contribution in [3.8, 4) is 11.5 Å². The number of nitrogens with zero attached hydrogens (tertiary/aromatic N) is 1. The highest BCUT2D eigenvalue weighted by atomic mass is 32.1. The maximum absolute atomic E-state index is 5.84. The highest BCUT2D eigenvalue weighted by Gasteiger charge is 2.07. The minimum atomic E-state index is 0.170. The number of hydrogen-bond acceptors (Lipinski definition) is 4. The molecule has 3 rings (SSSR count). The first-order chi connectivity index (χ1) is 10.3. The van der Waals surface area contributed by atoms with Crippen molar-refractivity contribution in [3.63, 3.8) is 0 Å². The molecule has 1 aromatic heterocycles. The van der Waals surface area contributed by atoms with Crippen LogP contribution in [0.3, 0.4) is 0 Å². The summed E-state index contributed by atoms with van der Waals surface area (Å²) in [4.78, 5) is 4.33. The van der Waals surface area contributed by atoms with Gasteiger partial charge in [-0.15, -0.1) is 11.3 Å². The summed E-state index contributed by atoms with van der Waals surface area (Å²) in [7, 11) is 0. The second-order valence-electron chi connectivity index (χ2n) is 4.72. The number of benzene rings is 2. The first-order valence-corrected chi connectivity index (χ1v) is 7.73. The SMILES string of the molecule is CC(Nc1cccc(Oc2ccccc2)c1)c1cscn1. The maximum Gasteiger partial charge on any atom is 0.129 e. The molecular formula is C17H16N2OS. The van der Waals surface area contributed by atoms with E-state index in [1.54, 1.807) is 11.3 Å². The summed E-state index contributed by atoms with van der Waals surface area (Å²) in [6.45, 7) is 2.10. The molecule has 1 atom stereocenters. The number of anilines is 1. The maximum atomic E-state index is 5.84. The van der Waals surface area contributed by atoms with Crippen LogP contribution < -0.4 is 10.1 Å². The Hall–Kier alpha value is -2.33. The minimum Gasteiger partial charge on any atom is -0.457 e. The van der Waals surface area contributed by atoms with Gasteiger partial charge in [0.1, 0.15) is 11.5 Å². The van der Waals surface area contributed by atoms with Crippen molar-refractivity contribution in [2.24, 2.45) is 0 Å². The van der Waals surface area contributed by atoms with Gasteiger partial charge in [0.2, 0.25) is 0 Å². The topological polar surface area (TPSA) is 34.1 Å². The molecule has 2 aromatic carbocycles. The third-order valence-corrected chi connectivity index (χ3v) is 3.70. The van der Waals surface area contributed by atoms with Crippen molar-refractivity contribution in [3.05, 3.63) is 71.2 Å². The molecule has 1 unspecified atom stereocenters. The normalized spacial score (nSPS) is 11.9. The summed E-state index contributed by atoms with van der Waals surface area (Å²) >= 11 is 1.61. The van der Waals surface area contributed by atoms with Gasteiger partial charge >= 0.3 is 0 Å². The quantitative estimate of drug-likeness (QED) is 0.710. The van der Waals surface area contributed by atoms with E-state index in [-0.39, 0.29) is 6.04 Å². The smallest absolute Gasteiger partial charge is 0.129 e. The van der Waals surface area contributed by atoms with Crippen molar-refractivity contribution < 1.29 is 4.74 Å². The molecule has 1 heterocycles. The van der Waals surface area contributed by atoms with Gasteiger partial charge in [0.15, 0.2) is 0 Å². The molecule has 0 saturated carbocycles. The van der Waals surface area contributed by atoms with Crippen LogP contribution in [0, 0.1) is 0 Å². The molecule has 3 nitrogen and oxygen atoms in total. The van der Waals surface area contributed by atoms with Gasteiger partial charge in [-0.1, -0.05) is 24.3 Å². The minimum absolute atomic E-state index is 0.170. The van der Waals surface area contributed by atoms with Crippen molar-refractivity contribution in [1.29, 1.82) is 0 Å². The van der Waals surface area contributed by atoms with Crippen LogP contribution in [0.4, 0.5) is 5.69 Å². The fraction of sp³-hybridized carbons (Fsp3) is 0.118. The highest BCUT2D eigenvalue weighted by molar-refractivity contribution is 7.07. The number of rotatable bonds is 5. The van der Waals surface area contributed by atoms with Crippen LogP contribution in [-0.2, 0) is 0 Å². The van der Waals surface area contributed by atoms with Gasteiger partial charge in [-0.05, 0) is 31.2 Å². The number of ether oxygens (including phenoxy) is 1. The Morgan fingerprint density at radius 1 is 1.05 bits per heavy atom. The molecular weight excluding hydrogens is 280 g/mol. The van der Waals surface area contributed by atoms with E-state index in [0.29, 0.717) is 0 Å². The zero-order valence-electron chi connectivity index (χ0n) is 11.7. The Labute approximate surface area is 128 Å². The summed E-state index contributed by atoms with van der Waals surface area (Å²) < 4.78 is 5.84. The Kier molecular flexibility index (Phi) is 4.17. The van der Waals surface area contributed by atoms with Crippen LogP contribution in [-0.4, -0.2) is 4.98 Å². The van der Waals surface area contributed by atoms with E-state index in [0.717, 1.165) is 22.9 Å². The lowest BCUT2D eigenvalue weighted by Crippen LogP contribution is -2.06. The van der Waals surface area contributed by atoms with E-state index in [2.05, 4.69) is 22.6 Å². The largest absolute Gasteiger partial charge is 0.457 e. The van der Waals surface area contributed by atoms with Crippen LogP contribution >= 0.6 is 11.3 Å². The molecule has 4 heteroatoms. The Balaban J connectivity index is 1.71. The predicted molar refractivity (Wildman–Crippen MR) is 87.1 cm³/mol. The van der Waals surface area contributed by atoms with Gasteiger partial charge in [0.05, 0.1) is 17.2 Å². The van der Waals surface area contributed by atoms with E-state index in [4.69, 9.17) is 4.74 Å². The molecule has 1 N–H and O–H groups in total. The predicted octanol–water partition coefficient (Wildman–Crippen LogP) is 5.11. The molecule has 0 fully saturated rings. The fourth-order valence-electron chi connectivity index (χ4n) is 2.03. The summed E-state index contributed by atoms with van der Waals surface area (Å²) in [5.41, 5.74) is 3.92. The van der Waals surface area contributed by atoms with Crippen LogP contribution in [0.5, 0.6) is 11.5 Å². The zero-order chi connectivity index (χ0) is 14.5. The van der Waals surface area contributed by atoms with Crippen LogP contribution in [0.1, 0.15) is 18.7 Å². The molecule has 0 aliphatic carbocycles. The van der Waals surface area contributed by atoms with Crippen LogP contribution in [0.2, 0.25) is 0 Å². The molecule has 0 saturated heterocycles. The molecule has 0 radical (unpaired) electrons. The summed E-state index contributed by atoms with van der Waals surface area (Å²) in [5.74, 6) is 1.65. The average Bonchev–Trinajstić information content (AvgIpc) is 3.03. The number of hydrogen-bond donors (Lipinski definition) is 1. The lowest BCUT2D eigenvalue weighted by Gasteiger charge is -2.14. The third kappa shape index (κ3) is 3.61. The van der Waals surface area contributed by atoms with E-state index >= 15 is 0 Å². The molecule has 3 aromatic rings. The van der Waals surface area contributed by atoms with E-state index in [1.807, 2.05) is 60.1 Å². The summed E-state index contributed by atoms with van der Waals surface area (Å²) in [6.07, 6.45) is 0. The van der Waals surface area contributed by atoms with Crippen LogP contribution in [0.15, 0.2) is 65.5 Å². The number of nitrogens with one attached hydrogen (secondary N) is 1. The zero-order valence-corrected chi connectivity index (χ0v) is 12.5. The Bertz CT molecular complexity index is 683. The van der Waals surface area contributed by atoms with Gasteiger partial charge in [-0.25, -0.2) is 4.98 Å². The lowest BCUT2D eigenvalue weighted by atomic mass is 10.2. The molecule has 21 heavy (non-hydrogen) atoms. The second-order valence-corrected chi connectivity index (χ2v) is 5.44. The van der Waals surface area contributed by atoms with Gasteiger partial charge in [-0.2, -0.15) is 0 Å². The van der Waals surface area contributed by atoms with E-state index in [9.17, 15) is 0 Å². The van der Waals surface area contributed by atoms with E-state index in [1.165, 1.54) is 0 Å². The average molecular weight is 296 g/mol. The number of aromatic nitrogens is 1. The van der Waals surface area contributed by atoms with Crippen molar-refractivity contribution in [1.82, 2.24) is 4.98 Å². The standard InChI is InChI=1S/C17H16N2OS/c1-13(17-11-21-12-18-17)19-14-6-5-9-16(10-14)20-15-7-3-2-4-8-15/h2-13,19H,1H3. The van der Waals surface area contributed by atoms with E-state index < -0.39 is 0 Å². The first-order valence-electron chi connectivity index (χ1n) is 6.79. The molecule has 0 bridgehead atoms. The summed E-state index contributed by atoms with van der Waals surface area (Å²) in [6, 6.07) is 17.9. The monoisotopic (exact) mass is 296 g/mol. The Morgan fingerprint density at radius 2 is 1.86 bits per heavy atom. The van der Waals surface area contributed by atoms with Crippen molar-refractivity contribution >= 4 is 17.0 Å². The lowest BCUT2D eigenvalue weighted by molar-refractivity contribution is 0.483. The molecule has 0 spiro atoms. The van der Waals surface area contributed by atoms with Gasteiger partial charge in [0, 0.05) is 17.1 Å². The van der Waals surface area contributed by atoms with Crippen molar-refractivity contribution in [2.45, 2.75) is 13.0 Å². The highest BCUT2D eigenvalue weighted by Crippen LogP contribution is 2.26. The molecule has 0 aliphatic heterocycles. The molecule has 106 valence electrons. The first kappa shape index (κ1) is 13.6. The second kappa shape index (κ2) is 6.41. The molecule has 0 aliphatic rings. The Morgan fingerprint density at radius 3 is 2.62 bits per heavy atom. The fourth-order valence-corrected chi connectivity index (χ4v) is 2.68. The third-order valence-electron chi connectivity index (χ3n) is 3.09. The number of thiazole rings is 1. The number of para-hydroxylation sites is 1. The van der Waals surface area contributed by atoms with Crippen molar-refractivity contribution in [2.75, 3.05) is 5.32 Å². The van der Waals surface area contributed by atoms with Crippen LogP contribution in [0.25, 0.3) is 0 Å². The van der Waals surface area contributed by atoms with Gasteiger partial charge < -0.3 is 10.1 Å². The molecule has 0 amide bonds.